The average Bonchev–Trinajstić information content (AvgIpc) is 2.89. The minimum Gasteiger partial charge on any atom is -0.493 e. The maximum absolute atomic E-state index is 8.78. The molecular formula is C13H11NO2S. The number of rotatable bonds is 4. The van der Waals surface area contributed by atoms with Crippen LogP contribution in [0.1, 0.15) is 10.4 Å². The van der Waals surface area contributed by atoms with Crippen LogP contribution >= 0.6 is 11.3 Å². The Morgan fingerprint density at radius 1 is 1.29 bits per heavy atom. The SMILES string of the molecule is COc1cc(C#N)ccc1OCc1cccs1. The first-order valence-electron chi connectivity index (χ1n) is 5.07. The van der Waals surface area contributed by atoms with Gasteiger partial charge in [-0.15, -0.1) is 11.3 Å². The van der Waals surface area contributed by atoms with Crippen molar-refractivity contribution in [2.24, 2.45) is 0 Å². The first-order chi connectivity index (χ1) is 8.33. The first kappa shape index (κ1) is 11.5. The minimum absolute atomic E-state index is 0.514. The summed E-state index contributed by atoms with van der Waals surface area (Å²) in [5, 5.41) is 10.8. The van der Waals surface area contributed by atoms with Gasteiger partial charge < -0.3 is 9.47 Å². The lowest BCUT2D eigenvalue weighted by molar-refractivity contribution is 0.287. The van der Waals surface area contributed by atoms with E-state index < -0.39 is 0 Å². The number of nitrogens with zero attached hydrogens (tertiary/aromatic N) is 1. The zero-order valence-electron chi connectivity index (χ0n) is 9.34. The van der Waals surface area contributed by atoms with Gasteiger partial charge in [-0.3, -0.25) is 0 Å². The largest absolute Gasteiger partial charge is 0.493 e. The smallest absolute Gasteiger partial charge is 0.162 e. The van der Waals surface area contributed by atoms with Gasteiger partial charge in [-0.1, -0.05) is 6.07 Å². The Labute approximate surface area is 104 Å². The summed E-state index contributed by atoms with van der Waals surface area (Å²) in [5.41, 5.74) is 0.560. The topological polar surface area (TPSA) is 42.2 Å². The monoisotopic (exact) mass is 245 g/mol. The molecule has 0 atom stereocenters. The predicted octanol–water partition coefficient (Wildman–Crippen LogP) is 3.21. The lowest BCUT2D eigenvalue weighted by Crippen LogP contribution is -1.96. The van der Waals surface area contributed by atoms with Crippen molar-refractivity contribution >= 4 is 11.3 Å². The molecule has 0 saturated heterocycles. The van der Waals surface area contributed by atoms with E-state index in [1.807, 2.05) is 17.5 Å². The van der Waals surface area contributed by atoms with E-state index in [-0.39, 0.29) is 0 Å². The number of methoxy groups -OCH3 is 1. The Hall–Kier alpha value is -1.99. The highest BCUT2D eigenvalue weighted by Gasteiger charge is 2.06. The highest BCUT2D eigenvalue weighted by molar-refractivity contribution is 7.09. The van der Waals surface area contributed by atoms with Crippen LogP contribution in [0.4, 0.5) is 0 Å². The van der Waals surface area contributed by atoms with Gasteiger partial charge in [-0.2, -0.15) is 5.26 Å². The van der Waals surface area contributed by atoms with Gasteiger partial charge >= 0.3 is 0 Å². The normalized spacial score (nSPS) is 9.65. The standard InChI is InChI=1S/C13H11NO2S/c1-15-13-7-10(8-14)4-5-12(13)16-9-11-3-2-6-17-11/h2-7H,9H2,1H3. The van der Waals surface area contributed by atoms with Crippen LogP contribution in [0.15, 0.2) is 35.7 Å². The molecule has 1 aromatic heterocycles. The van der Waals surface area contributed by atoms with E-state index >= 15 is 0 Å². The number of nitriles is 1. The van der Waals surface area contributed by atoms with Crippen molar-refractivity contribution in [3.63, 3.8) is 0 Å². The second-order valence-electron chi connectivity index (χ2n) is 3.35. The number of hydrogen-bond donors (Lipinski definition) is 0. The Bertz CT molecular complexity index is 529. The zero-order chi connectivity index (χ0) is 12.1. The van der Waals surface area contributed by atoms with Crippen LogP contribution in [-0.2, 0) is 6.61 Å². The quantitative estimate of drug-likeness (QED) is 0.830. The summed E-state index contributed by atoms with van der Waals surface area (Å²) in [5.74, 6) is 1.24. The molecule has 0 aliphatic rings. The van der Waals surface area contributed by atoms with Gasteiger partial charge in [0.2, 0.25) is 0 Å². The first-order valence-corrected chi connectivity index (χ1v) is 5.95. The van der Waals surface area contributed by atoms with E-state index in [2.05, 4.69) is 6.07 Å². The molecule has 0 aliphatic heterocycles. The van der Waals surface area contributed by atoms with Crippen LogP contribution in [0.5, 0.6) is 11.5 Å². The molecule has 0 bridgehead atoms. The fraction of sp³-hybridized carbons (Fsp3) is 0.154. The lowest BCUT2D eigenvalue weighted by atomic mass is 10.2. The van der Waals surface area contributed by atoms with E-state index in [1.54, 1.807) is 36.6 Å². The molecule has 0 N–H and O–H groups in total. The van der Waals surface area contributed by atoms with E-state index in [9.17, 15) is 0 Å². The third-order valence-electron chi connectivity index (χ3n) is 2.24. The molecule has 1 aromatic carbocycles. The van der Waals surface area contributed by atoms with Gasteiger partial charge in [-0.05, 0) is 23.6 Å². The number of ether oxygens (including phenoxy) is 2. The lowest BCUT2D eigenvalue weighted by Gasteiger charge is -2.09. The van der Waals surface area contributed by atoms with E-state index in [1.165, 1.54) is 0 Å². The van der Waals surface area contributed by atoms with Gasteiger partial charge in [0.25, 0.3) is 0 Å². The average molecular weight is 245 g/mol. The van der Waals surface area contributed by atoms with Crippen molar-refractivity contribution in [2.75, 3.05) is 7.11 Å². The maximum atomic E-state index is 8.78. The van der Waals surface area contributed by atoms with Gasteiger partial charge in [0, 0.05) is 10.9 Å². The molecule has 2 rings (SSSR count). The fourth-order valence-electron chi connectivity index (χ4n) is 1.40. The minimum atomic E-state index is 0.514. The summed E-state index contributed by atoms with van der Waals surface area (Å²) in [7, 11) is 1.56. The van der Waals surface area contributed by atoms with Crippen molar-refractivity contribution in [3.05, 3.63) is 46.2 Å². The van der Waals surface area contributed by atoms with Gasteiger partial charge in [0.15, 0.2) is 11.5 Å². The molecule has 2 aromatic rings. The Balaban J connectivity index is 2.13. The Morgan fingerprint density at radius 2 is 2.18 bits per heavy atom. The van der Waals surface area contributed by atoms with Crippen LogP contribution < -0.4 is 9.47 Å². The summed E-state index contributed by atoms with van der Waals surface area (Å²) in [6.07, 6.45) is 0. The highest BCUT2D eigenvalue weighted by Crippen LogP contribution is 2.28. The summed E-state index contributed by atoms with van der Waals surface area (Å²) < 4.78 is 10.8. The van der Waals surface area contributed by atoms with E-state index in [0.29, 0.717) is 23.7 Å². The second-order valence-corrected chi connectivity index (χ2v) is 4.38. The molecule has 0 aliphatic carbocycles. The van der Waals surface area contributed by atoms with Crippen molar-refractivity contribution in [1.29, 1.82) is 5.26 Å². The predicted molar refractivity (Wildman–Crippen MR) is 66.4 cm³/mol. The molecule has 0 unspecified atom stereocenters. The molecule has 0 radical (unpaired) electrons. The summed E-state index contributed by atoms with van der Waals surface area (Å²) in [6, 6.07) is 11.2. The van der Waals surface area contributed by atoms with Crippen LogP contribution in [-0.4, -0.2) is 7.11 Å². The molecule has 0 saturated carbocycles. The fourth-order valence-corrected chi connectivity index (χ4v) is 2.02. The zero-order valence-corrected chi connectivity index (χ0v) is 10.2. The molecule has 0 fully saturated rings. The summed E-state index contributed by atoms with van der Waals surface area (Å²) >= 11 is 1.65. The van der Waals surface area contributed by atoms with Crippen LogP contribution in [0, 0.1) is 11.3 Å². The van der Waals surface area contributed by atoms with Crippen LogP contribution in [0.25, 0.3) is 0 Å². The molecular weight excluding hydrogens is 234 g/mol. The van der Waals surface area contributed by atoms with Crippen molar-refractivity contribution in [2.45, 2.75) is 6.61 Å². The number of thiophene rings is 1. The number of hydrogen-bond acceptors (Lipinski definition) is 4. The Kier molecular flexibility index (Phi) is 3.63. The van der Waals surface area contributed by atoms with Crippen LogP contribution in [0.2, 0.25) is 0 Å². The van der Waals surface area contributed by atoms with Crippen molar-refractivity contribution in [1.82, 2.24) is 0 Å². The van der Waals surface area contributed by atoms with Gasteiger partial charge in [0.1, 0.15) is 6.61 Å². The maximum Gasteiger partial charge on any atom is 0.162 e. The molecule has 86 valence electrons. The van der Waals surface area contributed by atoms with Gasteiger partial charge in [-0.25, -0.2) is 0 Å². The van der Waals surface area contributed by atoms with Crippen molar-refractivity contribution < 1.29 is 9.47 Å². The second kappa shape index (κ2) is 5.37. The van der Waals surface area contributed by atoms with Crippen LogP contribution in [0.3, 0.4) is 0 Å². The molecule has 0 amide bonds. The molecule has 3 nitrogen and oxygen atoms in total. The molecule has 0 spiro atoms. The molecule has 1 heterocycles. The van der Waals surface area contributed by atoms with Gasteiger partial charge in [0.05, 0.1) is 18.7 Å². The summed E-state index contributed by atoms with van der Waals surface area (Å²) in [6.45, 7) is 0.514. The van der Waals surface area contributed by atoms with E-state index in [4.69, 9.17) is 14.7 Å². The van der Waals surface area contributed by atoms with E-state index in [0.717, 1.165) is 4.88 Å². The Morgan fingerprint density at radius 3 is 2.82 bits per heavy atom. The third-order valence-corrected chi connectivity index (χ3v) is 3.09. The molecule has 17 heavy (non-hydrogen) atoms. The summed E-state index contributed by atoms with van der Waals surface area (Å²) in [4.78, 5) is 1.15. The van der Waals surface area contributed by atoms with Crippen molar-refractivity contribution in [3.8, 4) is 17.6 Å². The number of benzene rings is 1. The highest BCUT2D eigenvalue weighted by atomic mass is 32.1. The third kappa shape index (κ3) is 2.77. The molecule has 4 heteroatoms.